The maximum Gasteiger partial charge on any atom is 0.266 e. The van der Waals surface area contributed by atoms with E-state index in [2.05, 4.69) is 15.0 Å². The number of nitrogens with two attached hydrogens (primary N) is 1. The van der Waals surface area contributed by atoms with Gasteiger partial charge in [0, 0.05) is 25.0 Å². The number of halogens is 2. The van der Waals surface area contributed by atoms with Crippen molar-refractivity contribution in [3.63, 3.8) is 0 Å². The zero-order chi connectivity index (χ0) is 19.9. The van der Waals surface area contributed by atoms with Crippen LogP contribution in [0.3, 0.4) is 0 Å². The third-order valence-corrected chi connectivity index (χ3v) is 5.50. The van der Waals surface area contributed by atoms with Crippen molar-refractivity contribution in [2.24, 2.45) is 10.7 Å². The largest absolute Gasteiger partial charge is 0.369 e. The molecule has 1 atom stereocenters. The highest BCUT2D eigenvalue weighted by Gasteiger charge is 2.49. The minimum atomic E-state index is -1.54. The number of pyridine rings is 1. The third kappa shape index (κ3) is 2.66. The van der Waals surface area contributed by atoms with Gasteiger partial charge < -0.3 is 5.73 Å². The van der Waals surface area contributed by atoms with Gasteiger partial charge in [0.2, 0.25) is 0 Å². The molecular weight excluding hydrogens is 384 g/mol. The van der Waals surface area contributed by atoms with E-state index >= 15 is 0 Å². The molecule has 0 fully saturated rings. The molecule has 0 saturated carbocycles. The number of nitrogens with zero attached hydrogens (tertiary/aromatic N) is 4. The van der Waals surface area contributed by atoms with Gasteiger partial charge >= 0.3 is 0 Å². The Labute approximate surface area is 163 Å². The van der Waals surface area contributed by atoms with E-state index in [0.29, 0.717) is 21.6 Å². The van der Waals surface area contributed by atoms with E-state index < -0.39 is 23.9 Å². The zero-order valence-corrected chi connectivity index (χ0v) is 15.6. The summed E-state index contributed by atoms with van der Waals surface area (Å²) in [7, 11) is 1.51. The second kappa shape index (κ2) is 6.75. The predicted octanol–water partition coefficient (Wildman–Crippen LogP) is 2.84. The second-order valence-corrected chi connectivity index (χ2v) is 7.16. The summed E-state index contributed by atoms with van der Waals surface area (Å²) in [6, 6.07) is 7.39. The molecule has 1 unspecified atom stereocenters. The van der Waals surface area contributed by atoms with Crippen LogP contribution in [0.2, 0.25) is 0 Å². The lowest BCUT2D eigenvalue weighted by atomic mass is 9.82. The zero-order valence-electron chi connectivity index (χ0n) is 14.8. The summed E-state index contributed by atoms with van der Waals surface area (Å²) in [6.45, 7) is -0.789. The number of likely N-dealkylation sites (N-methyl/N-ethyl adjacent to an activating group) is 1. The summed E-state index contributed by atoms with van der Waals surface area (Å²) in [5.74, 6) is -0.840. The van der Waals surface area contributed by atoms with Gasteiger partial charge in [-0.25, -0.2) is 13.8 Å². The molecule has 1 aliphatic heterocycles. The molecule has 0 aliphatic carbocycles. The maximum atomic E-state index is 14.5. The smallest absolute Gasteiger partial charge is 0.266 e. The molecule has 2 N–H and O–H groups in total. The van der Waals surface area contributed by atoms with Crippen LogP contribution in [-0.2, 0) is 17.0 Å². The van der Waals surface area contributed by atoms with E-state index in [4.69, 9.17) is 5.73 Å². The Morgan fingerprint density at radius 3 is 2.68 bits per heavy atom. The van der Waals surface area contributed by atoms with Crippen molar-refractivity contribution in [3.8, 4) is 10.4 Å². The van der Waals surface area contributed by atoms with Gasteiger partial charge in [-0.15, -0.1) is 11.3 Å². The molecule has 1 amide bonds. The van der Waals surface area contributed by atoms with E-state index in [1.807, 2.05) is 0 Å². The first kappa shape index (κ1) is 18.2. The van der Waals surface area contributed by atoms with Crippen LogP contribution in [0, 0.1) is 5.82 Å². The Kier molecular flexibility index (Phi) is 4.38. The first-order valence-corrected chi connectivity index (χ1v) is 9.19. The standard InChI is InChI=1S/C19H15F2N5OS/c1-26-17(27)19(25-18(26)22,12-4-5-24-13(6-12)8-20)11-2-3-15(21)14(7-11)16-9-23-10-28-16/h2-7,9-10H,8H2,1H3,(H2,22,25). The van der Waals surface area contributed by atoms with E-state index in [-0.39, 0.29) is 11.7 Å². The molecule has 0 bridgehead atoms. The lowest BCUT2D eigenvalue weighted by molar-refractivity contribution is -0.129. The molecule has 1 aromatic carbocycles. The number of hydrogen-bond donors (Lipinski definition) is 1. The van der Waals surface area contributed by atoms with Crippen molar-refractivity contribution in [2.45, 2.75) is 12.2 Å². The number of hydrogen-bond acceptors (Lipinski definition) is 6. The summed E-state index contributed by atoms with van der Waals surface area (Å²) >= 11 is 1.28. The van der Waals surface area contributed by atoms with E-state index in [1.165, 1.54) is 47.7 Å². The lowest BCUT2D eigenvalue weighted by Crippen LogP contribution is -2.41. The Morgan fingerprint density at radius 1 is 1.25 bits per heavy atom. The molecule has 4 rings (SSSR count). The van der Waals surface area contributed by atoms with Crippen molar-refractivity contribution in [1.29, 1.82) is 0 Å². The molecule has 0 radical (unpaired) electrons. The highest BCUT2D eigenvalue weighted by Crippen LogP contribution is 2.41. The third-order valence-electron chi connectivity index (χ3n) is 4.69. The van der Waals surface area contributed by atoms with Crippen LogP contribution < -0.4 is 5.73 Å². The number of aliphatic imine (C=N–C) groups is 1. The number of carbonyl (C=O) groups excluding carboxylic acids is 1. The van der Waals surface area contributed by atoms with E-state index in [1.54, 1.807) is 23.8 Å². The number of amides is 1. The number of rotatable bonds is 4. The predicted molar refractivity (Wildman–Crippen MR) is 102 cm³/mol. The van der Waals surface area contributed by atoms with Crippen molar-refractivity contribution in [1.82, 2.24) is 14.9 Å². The molecule has 28 heavy (non-hydrogen) atoms. The monoisotopic (exact) mass is 399 g/mol. The van der Waals surface area contributed by atoms with Gasteiger partial charge in [-0.3, -0.25) is 19.7 Å². The van der Waals surface area contributed by atoms with Gasteiger partial charge in [0.1, 0.15) is 12.5 Å². The highest BCUT2D eigenvalue weighted by atomic mass is 32.1. The molecule has 3 aromatic rings. The number of thiazole rings is 1. The number of guanidine groups is 1. The molecule has 0 saturated heterocycles. The van der Waals surface area contributed by atoms with Crippen molar-refractivity contribution < 1.29 is 13.6 Å². The second-order valence-electron chi connectivity index (χ2n) is 6.27. The van der Waals surface area contributed by atoms with Crippen LogP contribution in [0.5, 0.6) is 0 Å². The van der Waals surface area contributed by atoms with Gasteiger partial charge in [-0.1, -0.05) is 6.07 Å². The first-order chi connectivity index (χ1) is 13.5. The van der Waals surface area contributed by atoms with Crippen molar-refractivity contribution in [3.05, 3.63) is 70.9 Å². The van der Waals surface area contributed by atoms with Gasteiger partial charge in [-0.2, -0.15) is 0 Å². The molecule has 9 heteroatoms. The molecule has 3 heterocycles. The Balaban J connectivity index is 1.98. The summed E-state index contributed by atoms with van der Waals surface area (Å²) in [4.78, 5) is 27.4. The van der Waals surface area contributed by atoms with Crippen LogP contribution in [0.4, 0.5) is 8.78 Å². The Bertz CT molecular complexity index is 1090. The van der Waals surface area contributed by atoms with Crippen LogP contribution in [0.1, 0.15) is 16.8 Å². The fraction of sp³-hybridized carbons (Fsp3) is 0.158. The van der Waals surface area contributed by atoms with Gasteiger partial charge in [0.05, 0.1) is 16.1 Å². The van der Waals surface area contributed by atoms with Gasteiger partial charge in [-0.05, 0) is 35.4 Å². The average molecular weight is 399 g/mol. The molecule has 1 aliphatic rings. The summed E-state index contributed by atoms with van der Waals surface area (Å²) in [5, 5.41) is 0. The summed E-state index contributed by atoms with van der Waals surface area (Å²) in [5.41, 5.74) is 7.29. The quantitative estimate of drug-likeness (QED) is 0.731. The Morgan fingerprint density at radius 2 is 2.04 bits per heavy atom. The van der Waals surface area contributed by atoms with E-state index in [9.17, 15) is 13.6 Å². The minimum absolute atomic E-state index is 0.0206. The molecule has 142 valence electrons. The van der Waals surface area contributed by atoms with Gasteiger partial charge in [0.15, 0.2) is 11.5 Å². The molecule has 6 nitrogen and oxygen atoms in total. The first-order valence-electron chi connectivity index (χ1n) is 8.31. The molecule has 0 spiro atoms. The van der Waals surface area contributed by atoms with Crippen LogP contribution in [0.15, 0.2) is 53.2 Å². The minimum Gasteiger partial charge on any atom is -0.369 e. The maximum absolute atomic E-state index is 14.5. The SMILES string of the molecule is CN1C(=O)C(c2ccnc(CF)c2)(c2ccc(F)c(-c3cncs3)c2)N=C1N. The molecular formula is C19H15F2N5OS. The fourth-order valence-corrected chi connectivity index (χ4v) is 3.89. The summed E-state index contributed by atoms with van der Waals surface area (Å²) < 4.78 is 27.7. The topological polar surface area (TPSA) is 84.5 Å². The highest BCUT2D eigenvalue weighted by molar-refractivity contribution is 7.13. The van der Waals surface area contributed by atoms with Crippen LogP contribution >= 0.6 is 11.3 Å². The Hall–Kier alpha value is -3.20. The van der Waals surface area contributed by atoms with Crippen LogP contribution in [-0.4, -0.2) is 33.8 Å². The van der Waals surface area contributed by atoms with Gasteiger partial charge in [0.25, 0.3) is 5.91 Å². The van der Waals surface area contributed by atoms with E-state index in [0.717, 1.165) is 0 Å². The number of alkyl halides is 1. The fourth-order valence-electron chi connectivity index (χ4n) is 3.25. The van der Waals surface area contributed by atoms with Crippen LogP contribution in [0.25, 0.3) is 10.4 Å². The van der Waals surface area contributed by atoms with Crippen molar-refractivity contribution in [2.75, 3.05) is 7.05 Å². The number of aromatic nitrogens is 2. The summed E-state index contributed by atoms with van der Waals surface area (Å²) in [6.07, 6.45) is 2.96. The molecule has 2 aromatic heterocycles. The number of carbonyl (C=O) groups is 1. The lowest BCUT2D eigenvalue weighted by Gasteiger charge is -2.26. The number of benzene rings is 1. The van der Waals surface area contributed by atoms with Crippen molar-refractivity contribution >= 4 is 23.2 Å². The average Bonchev–Trinajstić information content (AvgIpc) is 3.32. The normalized spacial score (nSPS) is 19.2.